The highest BCUT2D eigenvalue weighted by Gasteiger charge is 2.08. The van der Waals surface area contributed by atoms with Gasteiger partial charge < -0.3 is 15.2 Å². The molecule has 0 bridgehead atoms. The molecule has 0 aliphatic rings. The van der Waals surface area contributed by atoms with Crippen LogP contribution in [0.4, 0.5) is 5.69 Å². The third-order valence-corrected chi connectivity index (χ3v) is 4.42. The molecule has 2 N–H and O–H groups in total. The Kier molecular flexibility index (Phi) is 7.21. The molecule has 1 unspecified atom stereocenters. The SMILES string of the molecule is C=CCc1ccccc1OCC(O)CNc1ccc(Cc2ccncc2)cc1. The van der Waals surface area contributed by atoms with Crippen molar-refractivity contribution in [3.63, 3.8) is 0 Å². The van der Waals surface area contributed by atoms with Crippen molar-refractivity contribution in [2.75, 3.05) is 18.5 Å². The maximum atomic E-state index is 10.2. The van der Waals surface area contributed by atoms with E-state index in [-0.39, 0.29) is 6.61 Å². The molecular formula is C24H26N2O2. The Morgan fingerprint density at radius 1 is 1.00 bits per heavy atom. The lowest BCUT2D eigenvalue weighted by atomic mass is 10.1. The van der Waals surface area contributed by atoms with Gasteiger partial charge in [0.2, 0.25) is 0 Å². The Labute approximate surface area is 166 Å². The molecule has 28 heavy (non-hydrogen) atoms. The second kappa shape index (κ2) is 10.3. The lowest BCUT2D eigenvalue weighted by Crippen LogP contribution is -2.26. The number of allylic oxidation sites excluding steroid dienone is 1. The third kappa shape index (κ3) is 5.96. The Morgan fingerprint density at radius 3 is 2.46 bits per heavy atom. The van der Waals surface area contributed by atoms with Crippen LogP contribution in [0.2, 0.25) is 0 Å². The standard InChI is InChI=1S/C24H26N2O2/c1-2-5-21-6-3-4-7-24(21)28-18-23(27)17-26-22-10-8-19(9-11-22)16-20-12-14-25-15-13-20/h2-4,6-15,23,26-27H,1,5,16-18H2. The molecule has 1 atom stereocenters. The van der Waals surface area contributed by atoms with Crippen molar-refractivity contribution in [1.29, 1.82) is 0 Å². The first-order valence-electron chi connectivity index (χ1n) is 9.46. The zero-order valence-electron chi connectivity index (χ0n) is 15.9. The molecule has 4 heteroatoms. The maximum Gasteiger partial charge on any atom is 0.122 e. The summed E-state index contributed by atoms with van der Waals surface area (Å²) in [6.45, 7) is 4.43. The molecule has 0 spiro atoms. The maximum absolute atomic E-state index is 10.2. The van der Waals surface area contributed by atoms with Crippen molar-refractivity contribution in [1.82, 2.24) is 4.98 Å². The quantitative estimate of drug-likeness (QED) is 0.521. The monoisotopic (exact) mass is 374 g/mol. The molecule has 0 fully saturated rings. The minimum Gasteiger partial charge on any atom is -0.491 e. The number of nitrogens with zero attached hydrogens (tertiary/aromatic N) is 1. The molecular weight excluding hydrogens is 348 g/mol. The van der Waals surface area contributed by atoms with Gasteiger partial charge >= 0.3 is 0 Å². The second-order valence-electron chi connectivity index (χ2n) is 6.68. The third-order valence-electron chi connectivity index (χ3n) is 4.42. The van der Waals surface area contributed by atoms with E-state index in [1.165, 1.54) is 11.1 Å². The van der Waals surface area contributed by atoms with Crippen LogP contribution in [0.15, 0.2) is 85.7 Å². The summed E-state index contributed by atoms with van der Waals surface area (Å²) in [6.07, 6.45) is 6.49. The lowest BCUT2D eigenvalue weighted by Gasteiger charge is -2.16. The van der Waals surface area contributed by atoms with Crippen molar-refractivity contribution >= 4 is 5.69 Å². The summed E-state index contributed by atoms with van der Waals surface area (Å²) in [4.78, 5) is 4.04. The number of hydrogen-bond donors (Lipinski definition) is 2. The van der Waals surface area contributed by atoms with Crippen molar-refractivity contribution in [3.05, 3.63) is 102 Å². The predicted molar refractivity (Wildman–Crippen MR) is 114 cm³/mol. The van der Waals surface area contributed by atoms with Gasteiger partial charge in [-0.15, -0.1) is 6.58 Å². The van der Waals surface area contributed by atoms with Gasteiger partial charge in [-0.05, 0) is 59.9 Å². The van der Waals surface area contributed by atoms with E-state index in [4.69, 9.17) is 4.74 Å². The van der Waals surface area contributed by atoms with E-state index in [2.05, 4.69) is 29.0 Å². The molecule has 4 nitrogen and oxygen atoms in total. The van der Waals surface area contributed by atoms with Crippen LogP contribution in [0.3, 0.4) is 0 Å². The minimum absolute atomic E-state index is 0.237. The molecule has 0 aliphatic carbocycles. The van der Waals surface area contributed by atoms with E-state index >= 15 is 0 Å². The molecule has 0 radical (unpaired) electrons. The van der Waals surface area contributed by atoms with Gasteiger partial charge in [-0.25, -0.2) is 0 Å². The number of nitrogens with one attached hydrogen (secondary N) is 1. The molecule has 144 valence electrons. The molecule has 0 saturated heterocycles. The van der Waals surface area contributed by atoms with Gasteiger partial charge in [-0.2, -0.15) is 0 Å². The summed E-state index contributed by atoms with van der Waals surface area (Å²) < 4.78 is 5.78. The van der Waals surface area contributed by atoms with Gasteiger partial charge in [0, 0.05) is 24.6 Å². The Hall–Kier alpha value is -3.11. The Morgan fingerprint density at radius 2 is 1.71 bits per heavy atom. The van der Waals surface area contributed by atoms with E-state index in [1.54, 1.807) is 0 Å². The van der Waals surface area contributed by atoms with Gasteiger partial charge in [0.1, 0.15) is 18.5 Å². The van der Waals surface area contributed by atoms with E-state index in [0.29, 0.717) is 6.54 Å². The van der Waals surface area contributed by atoms with Crippen LogP contribution in [0.1, 0.15) is 16.7 Å². The summed E-state index contributed by atoms with van der Waals surface area (Å²) in [6, 6.07) is 20.1. The average molecular weight is 374 g/mol. The van der Waals surface area contributed by atoms with Crippen LogP contribution in [-0.2, 0) is 12.8 Å². The fourth-order valence-corrected chi connectivity index (χ4v) is 2.93. The molecule has 2 aromatic carbocycles. The first-order valence-corrected chi connectivity index (χ1v) is 9.46. The minimum atomic E-state index is -0.603. The largest absolute Gasteiger partial charge is 0.491 e. The number of pyridine rings is 1. The van der Waals surface area contributed by atoms with Gasteiger partial charge in [0.25, 0.3) is 0 Å². The zero-order chi connectivity index (χ0) is 19.6. The molecule has 0 saturated carbocycles. The molecule has 0 amide bonds. The normalized spacial score (nSPS) is 11.6. The second-order valence-corrected chi connectivity index (χ2v) is 6.68. The molecule has 1 aromatic heterocycles. The highest BCUT2D eigenvalue weighted by molar-refractivity contribution is 5.45. The van der Waals surface area contributed by atoms with Crippen molar-refractivity contribution in [2.45, 2.75) is 18.9 Å². The molecule has 1 heterocycles. The Bertz CT molecular complexity index is 863. The zero-order valence-corrected chi connectivity index (χ0v) is 15.9. The van der Waals surface area contributed by atoms with E-state index in [1.807, 2.05) is 67.0 Å². The van der Waals surface area contributed by atoms with Crippen LogP contribution in [-0.4, -0.2) is 29.3 Å². The van der Waals surface area contributed by atoms with Crippen LogP contribution < -0.4 is 10.1 Å². The van der Waals surface area contributed by atoms with Crippen LogP contribution in [0.25, 0.3) is 0 Å². The number of benzene rings is 2. The van der Waals surface area contributed by atoms with E-state index < -0.39 is 6.10 Å². The van der Waals surface area contributed by atoms with Gasteiger partial charge in [-0.1, -0.05) is 36.4 Å². The Balaban J connectivity index is 1.45. The summed E-state index contributed by atoms with van der Waals surface area (Å²) in [5.74, 6) is 0.793. The first-order chi connectivity index (χ1) is 13.7. The number of hydrogen-bond acceptors (Lipinski definition) is 4. The number of anilines is 1. The average Bonchev–Trinajstić information content (AvgIpc) is 2.73. The van der Waals surface area contributed by atoms with Crippen LogP contribution in [0.5, 0.6) is 5.75 Å². The topological polar surface area (TPSA) is 54.4 Å². The molecule has 0 aliphatic heterocycles. The van der Waals surface area contributed by atoms with E-state index in [0.717, 1.165) is 29.8 Å². The van der Waals surface area contributed by atoms with Crippen molar-refractivity contribution < 1.29 is 9.84 Å². The van der Waals surface area contributed by atoms with Gasteiger partial charge in [0.15, 0.2) is 0 Å². The highest BCUT2D eigenvalue weighted by Crippen LogP contribution is 2.19. The molecule has 3 rings (SSSR count). The molecule has 3 aromatic rings. The smallest absolute Gasteiger partial charge is 0.122 e. The van der Waals surface area contributed by atoms with Crippen molar-refractivity contribution in [2.24, 2.45) is 0 Å². The summed E-state index contributed by atoms with van der Waals surface area (Å²) in [7, 11) is 0. The number of aromatic nitrogens is 1. The van der Waals surface area contributed by atoms with Gasteiger partial charge in [0.05, 0.1) is 0 Å². The fraction of sp³-hybridized carbons (Fsp3) is 0.208. The fourth-order valence-electron chi connectivity index (χ4n) is 2.93. The first kappa shape index (κ1) is 19.6. The number of aliphatic hydroxyl groups is 1. The number of aliphatic hydroxyl groups excluding tert-OH is 1. The van der Waals surface area contributed by atoms with Crippen LogP contribution in [0, 0.1) is 0 Å². The van der Waals surface area contributed by atoms with Gasteiger partial charge in [-0.3, -0.25) is 4.98 Å². The highest BCUT2D eigenvalue weighted by atomic mass is 16.5. The van der Waals surface area contributed by atoms with Crippen molar-refractivity contribution in [3.8, 4) is 5.75 Å². The van der Waals surface area contributed by atoms with E-state index in [9.17, 15) is 5.11 Å². The summed E-state index contributed by atoms with van der Waals surface area (Å²) >= 11 is 0. The number of para-hydroxylation sites is 1. The lowest BCUT2D eigenvalue weighted by molar-refractivity contribution is 0.117. The predicted octanol–water partition coefficient (Wildman–Crippen LogP) is 4.25. The summed E-state index contributed by atoms with van der Waals surface area (Å²) in [5, 5.41) is 13.5. The van der Waals surface area contributed by atoms with Crippen LogP contribution >= 0.6 is 0 Å². The number of rotatable bonds is 10. The number of ether oxygens (including phenoxy) is 1. The summed E-state index contributed by atoms with van der Waals surface area (Å²) in [5.41, 5.74) is 4.52.